The number of carbonyl (C=O) groups is 2. The Morgan fingerprint density at radius 1 is 1.19 bits per heavy atom. The van der Waals surface area contributed by atoms with E-state index in [0.29, 0.717) is 28.1 Å². The highest BCUT2D eigenvalue weighted by atomic mass is 35.5. The molecule has 9 heteroatoms. The van der Waals surface area contributed by atoms with Gasteiger partial charge in [-0.25, -0.2) is 0 Å². The average molecular weight is 462 g/mol. The monoisotopic (exact) mass is 461 g/mol. The van der Waals surface area contributed by atoms with Gasteiger partial charge in [-0.15, -0.1) is 11.8 Å². The smallest absolute Gasteiger partial charge is 0.316 e. The fraction of sp³-hybridized carbons (Fsp3) is 0.364. The number of hydrogen-bond acceptors (Lipinski definition) is 7. The van der Waals surface area contributed by atoms with Gasteiger partial charge in [0.15, 0.2) is 12.4 Å². The average Bonchev–Trinajstić information content (AvgIpc) is 3.28. The van der Waals surface area contributed by atoms with Crippen molar-refractivity contribution < 1.29 is 18.8 Å². The van der Waals surface area contributed by atoms with Gasteiger partial charge in [0.05, 0.1) is 11.5 Å². The summed E-state index contributed by atoms with van der Waals surface area (Å²) in [7, 11) is 0. The van der Waals surface area contributed by atoms with Crippen LogP contribution in [0.5, 0.6) is 0 Å². The zero-order valence-electron chi connectivity index (χ0n) is 17.7. The maximum atomic E-state index is 12.6. The van der Waals surface area contributed by atoms with E-state index in [4.69, 9.17) is 20.9 Å². The number of aryl methyl sites for hydroxylation is 3. The third kappa shape index (κ3) is 6.45. The van der Waals surface area contributed by atoms with Gasteiger partial charge in [0, 0.05) is 35.4 Å². The van der Waals surface area contributed by atoms with Crippen molar-refractivity contribution >= 4 is 35.1 Å². The molecular formula is C22H24ClN3O4S. The summed E-state index contributed by atoms with van der Waals surface area (Å²) in [6.07, 6.45) is 0.827. The van der Waals surface area contributed by atoms with Crippen LogP contribution in [0.4, 0.5) is 0 Å². The molecule has 0 N–H and O–H groups in total. The molecule has 3 rings (SSSR count). The molecule has 0 atom stereocenters. The number of ketones is 1. The minimum absolute atomic E-state index is 0.112. The summed E-state index contributed by atoms with van der Waals surface area (Å²) in [6, 6.07) is 9.59. The first-order chi connectivity index (χ1) is 14.8. The molecule has 0 unspecified atom stereocenters. The summed E-state index contributed by atoms with van der Waals surface area (Å²) in [5.41, 5.74) is 3.62. The number of thioether (sulfide) groups is 1. The number of ether oxygens (including phenoxy) is 1. The summed E-state index contributed by atoms with van der Waals surface area (Å²) in [5, 5.41) is 4.47. The van der Waals surface area contributed by atoms with Gasteiger partial charge in [0.2, 0.25) is 11.7 Å². The summed E-state index contributed by atoms with van der Waals surface area (Å²) in [5.74, 6) is 0.899. The Morgan fingerprint density at radius 3 is 2.61 bits per heavy atom. The second-order valence-electron chi connectivity index (χ2n) is 7.12. The molecule has 164 valence electrons. The molecule has 0 fully saturated rings. The Kier molecular flexibility index (Phi) is 7.92. The summed E-state index contributed by atoms with van der Waals surface area (Å²) in [4.78, 5) is 28.6. The van der Waals surface area contributed by atoms with E-state index >= 15 is 0 Å². The van der Waals surface area contributed by atoms with Crippen LogP contribution in [0.15, 0.2) is 34.9 Å². The summed E-state index contributed by atoms with van der Waals surface area (Å²) in [6.45, 7) is 6.05. The van der Waals surface area contributed by atoms with Crippen molar-refractivity contribution in [1.82, 2.24) is 14.7 Å². The van der Waals surface area contributed by atoms with Crippen molar-refractivity contribution in [2.45, 2.75) is 39.5 Å². The number of nitrogens with zero attached hydrogens (tertiary/aromatic N) is 3. The van der Waals surface area contributed by atoms with Crippen molar-refractivity contribution in [3.05, 3.63) is 69.6 Å². The number of esters is 1. The summed E-state index contributed by atoms with van der Waals surface area (Å²) >= 11 is 7.24. The third-order valence-corrected chi connectivity index (χ3v) is 5.95. The second-order valence-corrected chi connectivity index (χ2v) is 8.54. The van der Waals surface area contributed by atoms with Gasteiger partial charge in [0.1, 0.15) is 0 Å². The maximum Gasteiger partial charge on any atom is 0.316 e. The van der Waals surface area contributed by atoms with E-state index in [9.17, 15) is 9.59 Å². The van der Waals surface area contributed by atoms with Crippen molar-refractivity contribution in [3.8, 4) is 0 Å². The zero-order valence-corrected chi connectivity index (χ0v) is 19.3. The number of rotatable bonds is 10. The number of Topliss-reactive ketones (excluding diaryl/α,β-unsaturated/α-hetero) is 1. The first-order valence-electron chi connectivity index (χ1n) is 9.80. The second kappa shape index (κ2) is 10.6. The van der Waals surface area contributed by atoms with Crippen LogP contribution in [0.25, 0.3) is 0 Å². The molecule has 1 aromatic carbocycles. The number of hydrogen-bond donors (Lipinski definition) is 0. The molecule has 2 aromatic heterocycles. The molecule has 0 amide bonds. The molecule has 0 spiro atoms. The zero-order chi connectivity index (χ0) is 22.4. The van der Waals surface area contributed by atoms with Crippen LogP contribution in [0.3, 0.4) is 0 Å². The van der Waals surface area contributed by atoms with Gasteiger partial charge in [0.25, 0.3) is 0 Å². The molecule has 0 radical (unpaired) electrons. The SMILES string of the molecule is Cc1nc(CSCC(=O)OCC(=O)c2cc(C)n(CCc3ccc(Cl)cc3)c2C)no1. The van der Waals surface area contributed by atoms with Crippen LogP contribution >= 0.6 is 23.4 Å². The number of aromatic nitrogens is 3. The Bertz CT molecular complexity index is 1060. The van der Waals surface area contributed by atoms with E-state index in [1.807, 2.05) is 44.2 Å². The molecule has 0 bridgehead atoms. The van der Waals surface area contributed by atoms with Gasteiger partial charge >= 0.3 is 5.97 Å². The van der Waals surface area contributed by atoms with Crippen LogP contribution in [-0.2, 0) is 28.2 Å². The van der Waals surface area contributed by atoms with E-state index in [1.54, 1.807) is 6.92 Å². The molecule has 31 heavy (non-hydrogen) atoms. The third-order valence-electron chi connectivity index (χ3n) is 4.80. The molecule has 0 aliphatic heterocycles. The number of carbonyl (C=O) groups excluding carboxylic acids is 2. The minimum Gasteiger partial charge on any atom is -0.457 e. The highest BCUT2D eigenvalue weighted by Crippen LogP contribution is 2.18. The van der Waals surface area contributed by atoms with E-state index in [0.717, 1.165) is 24.4 Å². The van der Waals surface area contributed by atoms with Crippen LogP contribution < -0.4 is 0 Å². The van der Waals surface area contributed by atoms with Crippen LogP contribution in [-0.4, -0.2) is 38.8 Å². The topological polar surface area (TPSA) is 87.2 Å². The Morgan fingerprint density at radius 2 is 1.94 bits per heavy atom. The molecule has 0 aliphatic carbocycles. The van der Waals surface area contributed by atoms with Crippen molar-refractivity contribution in [3.63, 3.8) is 0 Å². The lowest BCUT2D eigenvalue weighted by Crippen LogP contribution is -2.16. The Labute approximate surface area is 190 Å². The first-order valence-corrected chi connectivity index (χ1v) is 11.3. The molecule has 3 aromatic rings. The van der Waals surface area contributed by atoms with Gasteiger partial charge in [-0.2, -0.15) is 4.98 Å². The lowest BCUT2D eigenvalue weighted by atomic mass is 10.1. The largest absolute Gasteiger partial charge is 0.457 e. The van der Waals surface area contributed by atoms with Crippen LogP contribution in [0.1, 0.15) is 39.0 Å². The van der Waals surface area contributed by atoms with Gasteiger partial charge < -0.3 is 13.8 Å². The lowest BCUT2D eigenvalue weighted by Gasteiger charge is -2.10. The highest BCUT2D eigenvalue weighted by molar-refractivity contribution is 7.99. The van der Waals surface area contributed by atoms with E-state index in [2.05, 4.69) is 14.7 Å². The fourth-order valence-corrected chi connectivity index (χ4v) is 3.99. The Balaban J connectivity index is 1.48. The molecule has 0 aliphatic rings. The van der Waals surface area contributed by atoms with Gasteiger partial charge in [-0.1, -0.05) is 28.9 Å². The predicted molar refractivity (Wildman–Crippen MR) is 120 cm³/mol. The normalized spacial score (nSPS) is 11.0. The standard InChI is InChI=1S/C22H24ClN3O4S/c1-14-10-19(15(2)26(14)9-8-17-4-6-18(23)7-5-17)20(27)11-29-22(28)13-31-12-21-24-16(3)30-25-21/h4-7,10H,8-9,11-13H2,1-3H3. The quantitative estimate of drug-likeness (QED) is 0.327. The molecule has 0 saturated heterocycles. The van der Waals surface area contributed by atoms with Crippen molar-refractivity contribution in [1.29, 1.82) is 0 Å². The highest BCUT2D eigenvalue weighted by Gasteiger charge is 2.17. The minimum atomic E-state index is -0.449. The molecule has 7 nitrogen and oxygen atoms in total. The fourth-order valence-electron chi connectivity index (χ4n) is 3.21. The van der Waals surface area contributed by atoms with E-state index in [-0.39, 0.29) is 18.1 Å². The first kappa shape index (κ1) is 23.1. The van der Waals surface area contributed by atoms with Gasteiger partial charge in [-0.05, 0) is 44.0 Å². The summed E-state index contributed by atoms with van der Waals surface area (Å²) < 4.78 is 12.1. The van der Waals surface area contributed by atoms with E-state index in [1.165, 1.54) is 17.3 Å². The van der Waals surface area contributed by atoms with Crippen molar-refractivity contribution in [2.75, 3.05) is 12.4 Å². The molecule has 0 saturated carbocycles. The number of halogens is 1. The van der Waals surface area contributed by atoms with Gasteiger partial charge in [-0.3, -0.25) is 9.59 Å². The predicted octanol–water partition coefficient (Wildman–Crippen LogP) is 4.35. The van der Waals surface area contributed by atoms with Crippen molar-refractivity contribution in [2.24, 2.45) is 0 Å². The Hall–Kier alpha value is -2.58. The van der Waals surface area contributed by atoms with Crippen LogP contribution in [0, 0.1) is 20.8 Å². The van der Waals surface area contributed by atoms with Crippen LogP contribution in [0.2, 0.25) is 5.02 Å². The number of benzene rings is 1. The maximum absolute atomic E-state index is 12.6. The lowest BCUT2D eigenvalue weighted by molar-refractivity contribution is -0.139. The van der Waals surface area contributed by atoms with E-state index < -0.39 is 5.97 Å². The molecular weight excluding hydrogens is 438 g/mol. The molecule has 2 heterocycles.